The van der Waals surface area contributed by atoms with E-state index < -0.39 is 30.4 Å². The summed E-state index contributed by atoms with van der Waals surface area (Å²) in [6.45, 7) is -1.62. The highest BCUT2D eigenvalue weighted by atomic mass is 19.4. The predicted molar refractivity (Wildman–Crippen MR) is 111 cm³/mol. The van der Waals surface area contributed by atoms with Crippen molar-refractivity contribution in [1.82, 2.24) is 25.6 Å². The summed E-state index contributed by atoms with van der Waals surface area (Å²) in [7, 11) is 0. The normalized spacial score (nSPS) is 13.4. The Morgan fingerprint density at radius 1 is 1.09 bits per heavy atom. The van der Waals surface area contributed by atoms with Gasteiger partial charge in [-0.2, -0.15) is 13.2 Å². The molecule has 1 fully saturated rings. The second-order valence-electron chi connectivity index (χ2n) is 7.64. The first-order valence-electron chi connectivity index (χ1n) is 10.3. The maximum atomic E-state index is 13.5. The molecule has 0 aliphatic heterocycles. The van der Waals surface area contributed by atoms with Gasteiger partial charge in [0.2, 0.25) is 0 Å². The van der Waals surface area contributed by atoms with Crippen LogP contribution in [-0.2, 0) is 6.61 Å². The number of hydrogen-bond donors (Lipinski definition) is 2. The number of carbonyl (C=O) groups is 2. The van der Waals surface area contributed by atoms with Crippen LogP contribution in [0.2, 0.25) is 0 Å². The molecule has 8 nitrogen and oxygen atoms in total. The lowest BCUT2D eigenvalue weighted by Crippen LogP contribution is -2.33. The van der Waals surface area contributed by atoms with Crippen LogP contribution >= 0.6 is 0 Å². The van der Waals surface area contributed by atoms with Gasteiger partial charge in [0.1, 0.15) is 30.4 Å². The molecule has 34 heavy (non-hydrogen) atoms. The maximum absolute atomic E-state index is 13.5. The van der Waals surface area contributed by atoms with E-state index in [1.807, 2.05) is 0 Å². The van der Waals surface area contributed by atoms with Crippen LogP contribution in [0.15, 0.2) is 48.5 Å². The molecule has 2 N–H and O–H groups in total. The maximum Gasteiger partial charge on any atom is 0.405 e. The topological polar surface area (TPSA) is 98.1 Å². The van der Waals surface area contributed by atoms with E-state index in [0.29, 0.717) is 5.69 Å². The summed E-state index contributed by atoms with van der Waals surface area (Å²) < 4.78 is 57.4. The molecule has 1 aliphatic carbocycles. The van der Waals surface area contributed by atoms with Gasteiger partial charge in [0, 0.05) is 17.7 Å². The van der Waals surface area contributed by atoms with Crippen LogP contribution in [0.5, 0.6) is 5.75 Å². The van der Waals surface area contributed by atoms with E-state index in [2.05, 4.69) is 15.6 Å². The largest absolute Gasteiger partial charge is 0.487 e. The molecule has 0 unspecified atom stereocenters. The van der Waals surface area contributed by atoms with Crippen molar-refractivity contribution in [2.45, 2.75) is 31.7 Å². The van der Waals surface area contributed by atoms with Crippen LogP contribution < -0.4 is 15.4 Å². The lowest BCUT2D eigenvalue weighted by atomic mass is 10.2. The van der Waals surface area contributed by atoms with Crippen LogP contribution in [0, 0.1) is 5.82 Å². The third-order valence-corrected chi connectivity index (χ3v) is 4.89. The lowest BCUT2D eigenvalue weighted by molar-refractivity contribution is -0.123. The fraction of sp³-hybridized carbons (Fsp3) is 0.273. The molecule has 0 spiro atoms. The summed E-state index contributed by atoms with van der Waals surface area (Å²) >= 11 is 0. The highest BCUT2D eigenvalue weighted by molar-refractivity contribution is 5.95. The van der Waals surface area contributed by atoms with Crippen molar-refractivity contribution in [2.24, 2.45) is 0 Å². The number of nitrogens with zero attached hydrogens (tertiary/aromatic N) is 3. The number of alkyl halides is 3. The second kappa shape index (κ2) is 9.49. The fourth-order valence-corrected chi connectivity index (χ4v) is 3.04. The Morgan fingerprint density at radius 3 is 2.47 bits per heavy atom. The Bertz CT molecular complexity index is 1190. The van der Waals surface area contributed by atoms with Gasteiger partial charge in [0.25, 0.3) is 11.8 Å². The van der Waals surface area contributed by atoms with Crippen LogP contribution in [-0.4, -0.2) is 45.6 Å². The molecule has 0 saturated heterocycles. The van der Waals surface area contributed by atoms with Crippen molar-refractivity contribution < 1.29 is 31.9 Å². The smallest absolute Gasteiger partial charge is 0.405 e. The van der Waals surface area contributed by atoms with Crippen LogP contribution in [0.25, 0.3) is 5.69 Å². The first-order valence-corrected chi connectivity index (χ1v) is 10.3. The van der Waals surface area contributed by atoms with Crippen LogP contribution in [0.4, 0.5) is 17.6 Å². The molecule has 0 radical (unpaired) electrons. The van der Waals surface area contributed by atoms with Crippen LogP contribution in [0.3, 0.4) is 0 Å². The van der Waals surface area contributed by atoms with Gasteiger partial charge in [0.15, 0.2) is 5.69 Å². The van der Waals surface area contributed by atoms with Crippen molar-refractivity contribution >= 4 is 11.8 Å². The molecule has 1 saturated carbocycles. The van der Waals surface area contributed by atoms with Crippen molar-refractivity contribution in [3.63, 3.8) is 0 Å². The molecule has 3 aromatic rings. The Balaban J connectivity index is 1.57. The quantitative estimate of drug-likeness (QED) is 0.486. The molecule has 12 heteroatoms. The van der Waals surface area contributed by atoms with E-state index in [1.165, 1.54) is 47.1 Å². The van der Waals surface area contributed by atoms with Crippen molar-refractivity contribution in [3.05, 3.63) is 71.3 Å². The first kappa shape index (κ1) is 23.2. The minimum Gasteiger partial charge on any atom is -0.487 e. The van der Waals surface area contributed by atoms with E-state index in [4.69, 9.17) is 4.74 Å². The number of hydrogen-bond acceptors (Lipinski definition) is 5. The average Bonchev–Trinajstić information content (AvgIpc) is 3.51. The van der Waals surface area contributed by atoms with Gasteiger partial charge in [-0.05, 0) is 49.2 Å². The van der Waals surface area contributed by atoms with E-state index in [1.54, 1.807) is 11.4 Å². The van der Waals surface area contributed by atoms with E-state index in [0.717, 1.165) is 12.8 Å². The second-order valence-corrected chi connectivity index (χ2v) is 7.64. The van der Waals surface area contributed by atoms with Gasteiger partial charge in [-0.15, -0.1) is 5.10 Å². The number of rotatable bonds is 8. The summed E-state index contributed by atoms with van der Waals surface area (Å²) in [5, 5.41) is 12.6. The summed E-state index contributed by atoms with van der Waals surface area (Å²) in [5.74, 6) is -1.58. The molecule has 1 aliphatic rings. The number of ether oxygens (including phenoxy) is 1. The molecule has 2 amide bonds. The first-order chi connectivity index (χ1) is 16.2. The summed E-state index contributed by atoms with van der Waals surface area (Å²) in [6, 6.07) is 11.1. The third kappa shape index (κ3) is 5.88. The number of nitrogens with one attached hydrogen (secondary N) is 2. The van der Waals surface area contributed by atoms with Crippen LogP contribution in [0.1, 0.15) is 39.4 Å². The lowest BCUT2D eigenvalue weighted by Gasteiger charge is -2.11. The molecule has 4 rings (SSSR count). The zero-order valence-corrected chi connectivity index (χ0v) is 17.6. The fourth-order valence-electron chi connectivity index (χ4n) is 3.04. The predicted octanol–water partition coefficient (Wildman–Crippen LogP) is 3.17. The molecule has 0 bridgehead atoms. The minimum absolute atomic E-state index is 0.0115. The minimum atomic E-state index is -4.52. The Labute approximate surface area is 190 Å². The van der Waals surface area contributed by atoms with Gasteiger partial charge in [-0.25, -0.2) is 9.07 Å². The highest BCUT2D eigenvalue weighted by Gasteiger charge is 2.29. The zero-order valence-electron chi connectivity index (χ0n) is 17.6. The number of halogens is 4. The highest BCUT2D eigenvalue weighted by Crippen LogP contribution is 2.22. The number of carbonyl (C=O) groups excluding carboxylic acids is 2. The standard InChI is InChI=1S/C22H19F4N5O3/c23-14-2-1-3-17(10-14)34-11-18-19(21(33)28-15-6-7-15)29-30-31(18)16-8-4-13(5-9-16)20(32)27-12-22(24,25)26/h1-5,8-10,15H,6-7,11-12H2,(H,27,32)(H,28,33). The number of benzene rings is 2. The SMILES string of the molecule is O=C(NCC(F)(F)F)c1ccc(-n2nnc(C(=O)NC3CC3)c2COc2cccc(F)c2)cc1. The van der Waals surface area contributed by atoms with E-state index >= 15 is 0 Å². The van der Waals surface area contributed by atoms with Gasteiger partial charge in [0.05, 0.1) is 5.69 Å². The van der Waals surface area contributed by atoms with Crippen molar-refractivity contribution in [1.29, 1.82) is 0 Å². The summed E-state index contributed by atoms with van der Waals surface area (Å²) in [6.07, 6.45) is -2.79. The van der Waals surface area contributed by atoms with E-state index in [9.17, 15) is 27.2 Å². The third-order valence-electron chi connectivity index (χ3n) is 4.89. The van der Waals surface area contributed by atoms with Gasteiger partial charge >= 0.3 is 6.18 Å². The van der Waals surface area contributed by atoms with Gasteiger partial charge in [-0.1, -0.05) is 11.3 Å². The molecule has 1 aromatic heterocycles. The van der Waals surface area contributed by atoms with Gasteiger partial charge in [-0.3, -0.25) is 9.59 Å². The summed E-state index contributed by atoms with van der Waals surface area (Å²) in [5.41, 5.74) is 0.701. The monoisotopic (exact) mass is 477 g/mol. The molecule has 178 valence electrons. The van der Waals surface area contributed by atoms with Crippen molar-refractivity contribution in [3.8, 4) is 11.4 Å². The number of aromatic nitrogens is 3. The Hall–Kier alpha value is -3.96. The van der Waals surface area contributed by atoms with Crippen molar-refractivity contribution in [2.75, 3.05) is 6.54 Å². The Kier molecular flexibility index (Phi) is 6.48. The molecule has 0 atom stereocenters. The average molecular weight is 477 g/mol. The Morgan fingerprint density at radius 2 is 1.82 bits per heavy atom. The molecular formula is C22H19F4N5O3. The van der Waals surface area contributed by atoms with Gasteiger partial charge < -0.3 is 15.4 Å². The molecule has 2 aromatic carbocycles. The zero-order chi connectivity index (χ0) is 24.3. The molecular weight excluding hydrogens is 458 g/mol. The summed E-state index contributed by atoms with van der Waals surface area (Å²) in [4.78, 5) is 24.6. The molecule has 1 heterocycles. The van der Waals surface area contributed by atoms with E-state index in [-0.39, 0.29) is 35.3 Å². The number of amides is 2.